The Hall–Kier alpha value is -3.26. The summed E-state index contributed by atoms with van der Waals surface area (Å²) in [6.07, 6.45) is 5.65. The summed E-state index contributed by atoms with van der Waals surface area (Å²) in [7, 11) is 0. The fourth-order valence-corrected chi connectivity index (χ4v) is 3.98. The molecule has 2 heterocycles. The lowest BCUT2D eigenvalue weighted by Gasteiger charge is -2.32. The molecule has 6 nitrogen and oxygen atoms in total. The maximum Gasteiger partial charge on any atom is 0.387 e. The molecule has 1 aromatic heterocycles. The van der Waals surface area contributed by atoms with Crippen molar-refractivity contribution >= 4 is 5.69 Å². The Labute approximate surface area is 192 Å². The van der Waals surface area contributed by atoms with Crippen LogP contribution < -0.4 is 14.8 Å². The molecule has 1 aliphatic rings. The van der Waals surface area contributed by atoms with E-state index < -0.39 is 6.61 Å². The summed E-state index contributed by atoms with van der Waals surface area (Å²) >= 11 is 0. The minimum absolute atomic E-state index is 0.0685. The van der Waals surface area contributed by atoms with Crippen LogP contribution in [0.5, 0.6) is 11.5 Å². The number of likely N-dealkylation sites (tertiary alicyclic amines) is 1. The maximum absolute atomic E-state index is 12.6. The number of ether oxygens (including phenoxy) is 2. The second-order valence-electron chi connectivity index (χ2n) is 7.95. The van der Waals surface area contributed by atoms with E-state index >= 15 is 0 Å². The molecule has 0 saturated carbocycles. The molecule has 0 amide bonds. The predicted molar refractivity (Wildman–Crippen MR) is 124 cm³/mol. The normalized spacial score (nSPS) is 14.9. The molecule has 0 radical (unpaired) electrons. The average molecular weight is 455 g/mol. The highest BCUT2D eigenvalue weighted by Gasteiger charge is 2.20. The van der Waals surface area contributed by atoms with Gasteiger partial charge in [0.25, 0.3) is 0 Å². The van der Waals surface area contributed by atoms with Crippen LogP contribution in [0.4, 0.5) is 14.5 Å². The lowest BCUT2D eigenvalue weighted by atomic mass is 10.0. The zero-order valence-electron chi connectivity index (χ0n) is 18.6. The van der Waals surface area contributed by atoms with Crippen LogP contribution in [0.15, 0.2) is 60.9 Å². The molecule has 0 spiro atoms. The molecule has 0 aliphatic carbocycles. The minimum Gasteiger partial charge on any atom is -0.490 e. The molecule has 33 heavy (non-hydrogen) atoms. The smallest absolute Gasteiger partial charge is 0.387 e. The fraction of sp³-hybridized carbons (Fsp3) is 0.360. The van der Waals surface area contributed by atoms with Crippen LogP contribution in [0, 0.1) is 0 Å². The zero-order valence-corrected chi connectivity index (χ0v) is 18.6. The molecule has 1 N–H and O–H groups in total. The minimum atomic E-state index is -2.87. The molecular weight excluding hydrogens is 426 g/mol. The first-order valence-corrected chi connectivity index (χ1v) is 11.2. The van der Waals surface area contributed by atoms with Crippen LogP contribution >= 0.6 is 0 Å². The highest BCUT2D eigenvalue weighted by atomic mass is 19.3. The van der Waals surface area contributed by atoms with Crippen molar-refractivity contribution in [3.8, 4) is 22.9 Å². The van der Waals surface area contributed by atoms with Crippen molar-refractivity contribution in [2.24, 2.45) is 0 Å². The van der Waals surface area contributed by atoms with Crippen LogP contribution in [0.1, 0.15) is 25.3 Å². The van der Waals surface area contributed by atoms with Crippen LogP contribution in [-0.2, 0) is 6.54 Å². The van der Waals surface area contributed by atoms with Gasteiger partial charge in [-0.25, -0.2) is 9.97 Å². The van der Waals surface area contributed by atoms with Gasteiger partial charge in [0.1, 0.15) is 0 Å². The molecule has 1 fully saturated rings. The largest absolute Gasteiger partial charge is 0.490 e. The van der Waals surface area contributed by atoms with E-state index in [1.54, 1.807) is 12.1 Å². The number of aromatic nitrogens is 2. The molecule has 0 atom stereocenters. The van der Waals surface area contributed by atoms with E-state index in [1.807, 2.05) is 55.7 Å². The van der Waals surface area contributed by atoms with Gasteiger partial charge in [-0.1, -0.05) is 36.4 Å². The molecule has 4 rings (SSSR count). The number of benzene rings is 2. The monoisotopic (exact) mass is 454 g/mol. The molecule has 2 aromatic carbocycles. The molecule has 0 bridgehead atoms. The molecule has 1 saturated heterocycles. The van der Waals surface area contributed by atoms with Crippen molar-refractivity contribution in [3.63, 3.8) is 0 Å². The van der Waals surface area contributed by atoms with E-state index in [2.05, 4.69) is 24.9 Å². The lowest BCUT2D eigenvalue weighted by molar-refractivity contribution is -0.0514. The van der Waals surface area contributed by atoms with Crippen LogP contribution in [0.25, 0.3) is 11.4 Å². The topological polar surface area (TPSA) is 59.5 Å². The number of rotatable bonds is 9. The first-order valence-electron chi connectivity index (χ1n) is 11.2. The standard InChI is InChI=1S/C25H28F2N4O2/c1-2-32-23-14-18(8-9-22(23)33-25(26)27)17-31-12-10-20(11-13-31)30-21-15-28-24(29-16-21)19-6-4-3-5-7-19/h3-9,14-16,20,25,30H,2,10-13,17H2,1H3. The molecule has 174 valence electrons. The number of nitrogens with zero attached hydrogens (tertiary/aromatic N) is 3. The number of anilines is 1. The molecule has 0 unspecified atom stereocenters. The van der Waals surface area contributed by atoms with Gasteiger partial charge in [-0.05, 0) is 37.5 Å². The third kappa shape index (κ3) is 6.38. The van der Waals surface area contributed by atoms with Crippen LogP contribution in [-0.4, -0.2) is 47.2 Å². The number of piperidine rings is 1. The first kappa shape index (κ1) is 22.9. The third-order valence-electron chi connectivity index (χ3n) is 5.57. The Kier molecular flexibility index (Phi) is 7.67. The van der Waals surface area contributed by atoms with Gasteiger partial charge in [0, 0.05) is 31.2 Å². The lowest BCUT2D eigenvalue weighted by Crippen LogP contribution is -2.38. The number of hydrogen-bond acceptors (Lipinski definition) is 6. The second-order valence-corrected chi connectivity index (χ2v) is 7.95. The summed E-state index contributed by atoms with van der Waals surface area (Å²) in [6, 6.07) is 15.4. The molecule has 8 heteroatoms. The molecule has 1 aliphatic heterocycles. The van der Waals surface area contributed by atoms with Crippen molar-refractivity contribution in [2.45, 2.75) is 39.0 Å². The Balaban J connectivity index is 1.29. The Morgan fingerprint density at radius 3 is 2.42 bits per heavy atom. The van der Waals surface area contributed by atoms with Gasteiger partial charge in [0.2, 0.25) is 0 Å². The van der Waals surface area contributed by atoms with Crippen LogP contribution in [0.3, 0.4) is 0 Å². The summed E-state index contributed by atoms with van der Waals surface area (Å²) in [5.41, 5.74) is 2.93. The third-order valence-corrected chi connectivity index (χ3v) is 5.57. The van der Waals surface area contributed by atoms with Gasteiger partial charge in [-0.2, -0.15) is 8.78 Å². The van der Waals surface area contributed by atoms with E-state index in [4.69, 9.17) is 4.74 Å². The van der Waals surface area contributed by atoms with Gasteiger partial charge in [-0.15, -0.1) is 0 Å². The highest BCUT2D eigenvalue weighted by molar-refractivity contribution is 5.55. The van der Waals surface area contributed by atoms with Crippen molar-refractivity contribution in [2.75, 3.05) is 25.0 Å². The summed E-state index contributed by atoms with van der Waals surface area (Å²) in [5.74, 6) is 1.14. The van der Waals surface area contributed by atoms with Crippen molar-refractivity contribution in [3.05, 3.63) is 66.5 Å². The van der Waals surface area contributed by atoms with Gasteiger partial charge < -0.3 is 14.8 Å². The first-order chi connectivity index (χ1) is 16.1. The van der Waals surface area contributed by atoms with Gasteiger partial charge in [0.15, 0.2) is 17.3 Å². The van der Waals surface area contributed by atoms with Gasteiger partial charge >= 0.3 is 6.61 Å². The number of alkyl halides is 2. The van der Waals surface area contributed by atoms with E-state index in [1.165, 1.54) is 0 Å². The van der Waals surface area contributed by atoms with Crippen molar-refractivity contribution < 1.29 is 18.3 Å². The van der Waals surface area contributed by atoms with E-state index in [-0.39, 0.29) is 5.75 Å². The van der Waals surface area contributed by atoms with Gasteiger partial charge in [-0.3, -0.25) is 4.90 Å². The van der Waals surface area contributed by atoms with Crippen LogP contribution in [0.2, 0.25) is 0 Å². The maximum atomic E-state index is 12.6. The predicted octanol–water partition coefficient (Wildman–Crippen LogP) is 5.22. The van der Waals surface area contributed by atoms with E-state index in [0.29, 0.717) is 24.2 Å². The number of halogens is 2. The average Bonchev–Trinajstić information content (AvgIpc) is 2.83. The summed E-state index contributed by atoms with van der Waals surface area (Å²) < 4.78 is 35.3. The second kappa shape index (κ2) is 11.0. The quantitative estimate of drug-likeness (QED) is 0.478. The van der Waals surface area contributed by atoms with Crippen molar-refractivity contribution in [1.29, 1.82) is 0 Å². The summed E-state index contributed by atoms with van der Waals surface area (Å²) in [6.45, 7) is 1.92. The highest BCUT2D eigenvalue weighted by Crippen LogP contribution is 2.30. The van der Waals surface area contributed by atoms with Crippen molar-refractivity contribution in [1.82, 2.24) is 14.9 Å². The number of nitrogens with one attached hydrogen (secondary N) is 1. The van der Waals surface area contributed by atoms with E-state index in [0.717, 1.165) is 49.3 Å². The molecular formula is C25H28F2N4O2. The SMILES string of the molecule is CCOc1cc(CN2CCC(Nc3cnc(-c4ccccc4)nc3)CC2)ccc1OC(F)F. The zero-order chi connectivity index (χ0) is 23.0. The fourth-order valence-electron chi connectivity index (χ4n) is 3.98. The van der Waals surface area contributed by atoms with Gasteiger partial charge in [0.05, 0.1) is 24.7 Å². The summed E-state index contributed by atoms with van der Waals surface area (Å²) in [5, 5.41) is 3.54. The Morgan fingerprint density at radius 1 is 1.03 bits per heavy atom. The Bertz CT molecular complexity index is 1010. The number of hydrogen-bond donors (Lipinski definition) is 1. The Morgan fingerprint density at radius 2 is 1.76 bits per heavy atom. The van der Waals surface area contributed by atoms with E-state index in [9.17, 15) is 8.78 Å². The molecule has 3 aromatic rings. The summed E-state index contributed by atoms with van der Waals surface area (Å²) in [4.78, 5) is 11.3.